The highest BCUT2D eigenvalue weighted by atomic mass is 35.5. The topological polar surface area (TPSA) is 62.8 Å². The second-order valence-electron chi connectivity index (χ2n) is 3.64. The molecule has 0 aliphatic rings. The predicted molar refractivity (Wildman–Crippen MR) is 82.6 cm³/mol. The van der Waals surface area contributed by atoms with E-state index in [0.29, 0.717) is 10.0 Å². The minimum atomic E-state index is 0.0551. The van der Waals surface area contributed by atoms with Gasteiger partial charge in [0, 0.05) is 21.6 Å². The first kappa shape index (κ1) is 14.2. The van der Waals surface area contributed by atoms with Crippen LogP contribution in [0.4, 0.5) is 0 Å². The molecule has 2 rings (SSSR count). The van der Waals surface area contributed by atoms with Crippen LogP contribution < -0.4 is 5.73 Å². The normalized spacial score (nSPS) is 10.4. The Labute approximate surface area is 125 Å². The highest BCUT2D eigenvalue weighted by molar-refractivity contribution is 8.00. The van der Waals surface area contributed by atoms with Crippen LogP contribution in [0.3, 0.4) is 0 Å². The highest BCUT2D eigenvalue weighted by Crippen LogP contribution is 2.36. The van der Waals surface area contributed by atoms with Crippen LogP contribution >= 0.6 is 35.1 Å². The number of pyridine rings is 1. The van der Waals surface area contributed by atoms with E-state index in [1.54, 1.807) is 30.1 Å². The summed E-state index contributed by atoms with van der Waals surface area (Å²) in [5, 5.41) is 9.04. The molecule has 0 bridgehead atoms. The van der Waals surface area contributed by atoms with Crippen molar-refractivity contribution in [1.82, 2.24) is 4.98 Å². The third-order valence-corrected chi connectivity index (χ3v) is 4.68. The van der Waals surface area contributed by atoms with Crippen molar-refractivity contribution in [3.05, 3.63) is 47.1 Å². The summed E-state index contributed by atoms with van der Waals surface area (Å²) in [5.74, 6) is 0.0551. The molecule has 0 aliphatic carbocycles. The maximum absolute atomic E-state index is 7.74. The zero-order chi connectivity index (χ0) is 13.8. The van der Waals surface area contributed by atoms with Gasteiger partial charge in [0.05, 0.1) is 5.02 Å². The molecule has 0 aliphatic heterocycles. The molecule has 2 aromatic rings. The molecule has 0 spiro atoms. The molecule has 0 radical (unpaired) electrons. The van der Waals surface area contributed by atoms with Crippen molar-refractivity contribution in [1.29, 1.82) is 5.41 Å². The maximum Gasteiger partial charge on any atom is 0.125 e. The van der Waals surface area contributed by atoms with Gasteiger partial charge in [-0.15, -0.1) is 11.8 Å². The fraction of sp³-hybridized carbons (Fsp3) is 0.0769. The molecule has 98 valence electrons. The number of rotatable bonds is 4. The van der Waals surface area contributed by atoms with Gasteiger partial charge >= 0.3 is 0 Å². The summed E-state index contributed by atoms with van der Waals surface area (Å²) < 4.78 is 0. The fourth-order valence-corrected chi connectivity index (χ4v) is 3.48. The molecule has 3 nitrogen and oxygen atoms in total. The first-order valence-corrected chi connectivity index (χ1v) is 7.85. The van der Waals surface area contributed by atoms with E-state index in [4.69, 9.17) is 22.7 Å². The molecule has 0 atom stereocenters. The van der Waals surface area contributed by atoms with Crippen LogP contribution in [0.5, 0.6) is 0 Å². The molecular weight excluding hydrogens is 298 g/mol. The number of nitrogens with two attached hydrogens (primary N) is 1. The van der Waals surface area contributed by atoms with Gasteiger partial charge in [-0.05, 0) is 30.5 Å². The number of benzene rings is 1. The van der Waals surface area contributed by atoms with Gasteiger partial charge in [-0.2, -0.15) is 0 Å². The van der Waals surface area contributed by atoms with Gasteiger partial charge in [0.1, 0.15) is 10.9 Å². The Kier molecular flexibility index (Phi) is 4.74. The number of hydrogen-bond donors (Lipinski definition) is 2. The monoisotopic (exact) mass is 309 g/mol. The van der Waals surface area contributed by atoms with E-state index in [9.17, 15) is 0 Å². The molecule has 0 saturated heterocycles. The number of amidine groups is 1. The van der Waals surface area contributed by atoms with Crippen molar-refractivity contribution in [3.8, 4) is 0 Å². The summed E-state index contributed by atoms with van der Waals surface area (Å²) in [6.45, 7) is 0. The lowest BCUT2D eigenvalue weighted by atomic mass is 10.2. The predicted octanol–water partition coefficient (Wildman–Crippen LogP) is 3.89. The molecule has 3 N–H and O–H groups in total. The highest BCUT2D eigenvalue weighted by Gasteiger charge is 2.13. The molecule has 6 heteroatoms. The third-order valence-electron chi connectivity index (χ3n) is 2.41. The van der Waals surface area contributed by atoms with E-state index >= 15 is 0 Å². The summed E-state index contributed by atoms with van der Waals surface area (Å²) in [6, 6.07) is 9.40. The van der Waals surface area contributed by atoms with Crippen molar-refractivity contribution in [3.63, 3.8) is 0 Å². The van der Waals surface area contributed by atoms with Gasteiger partial charge < -0.3 is 5.73 Å². The summed E-state index contributed by atoms with van der Waals surface area (Å²) in [7, 11) is 0. The van der Waals surface area contributed by atoms with Crippen LogP contribution in [0, 0.1) is 5.41 Å². The fourth-order valence-electron chi connectivity index (χ4n) is 1.58. The number of nitrogens with zero attached hydrogens (tertiary/aromatic N) is 1. The summed E-state index contributed by atoms with van der Waals surface area (Å²) in [5.41, 5.74) is 6.42. The van der Waals surface area contributed by atoms with E-state index in [1.807, 2.05) is 24.5 Å². The molecule has 0 saturated carbocycles. The van der Waals surface area contributed by atoms with Gasteiger partial charge in [0.2, 0.25) is 0 Å². The van der Waals surface area contributed by atoms with E-state index in [-0.39, 0.29) is 5.84 Å². The molecule has 1 aromatic heterocycles. The van der Waals surface area contributed by atoms with Crippen molar-refractivity contribution >= 4 is 41.0 Å². The smallest absolute Gasteiger partial charge is 0.125 e. The number of nitrogens with one attached hydrogen (secondary N) is 1. The van der Waals surface area contributed by atoms with E-state index < -0.39 is 0 Å². The Morgan fingerprint density at radius 1 is 1.26 bits per heavy atom. The molecule has 1 heterocycles. The van der Waals surface area contributed by atoms with Crippen LogP contribution in [0.1, 0.15) is 5.56 Å². The van der Waals surface area contributed by atoms with Crippen LogP contribution in [0.15, 0.2) is 51.3 Å². The zero-order valence-electron chi connectivity index (χ0n) is 10.2. The third kappa shape index (κ3) is 3.23. The van der Waals surface area contributed by atoms with Gasteiger partial charge in [-0.3, -0.25) is 5.41 Å². The summed E-state index contributed by atoms with van der Waals surface area (Å²) in [6.07, 6.45) is 3.66. The minimum absolute atomic E-state index is 0.0551. The lowest BCUT2D eigenvalue weighted by Crippen LogP contribution is -2.13. The molecular formula is C13H12ClN3S2. The van der Waals surface area contributed by atoms with E-state index in [1.165, 1.54) is 11.8 Å². The van der Waals surface area contributed by atoms with Crippen molar-refractivity contribution < 1.29 is 0 Å². The molecule has 0 unspecified atom stereocenters. The lowest BCUT2D eigenvalue weighted by Gasteiger charge is -2.11. The van der Waals surface area contributed by atoms with Crippen LogP contribution in [0.25, 0.3) is 0 Å². The first-order valence-electron chi connectivity index (χ1n) is 5.43. The van der Waals surface area contributed by atoms with Gasteiger partial charge in [-0.1, -0.05) is 29.4 Å². The lowest BCUT2D eigenvalue weighted by molar-refractivity contribution is 1.13. The Hall–Kier alpha value is -1.17. The Bertz CT molecular complexity index is 617. The number of halogens is 1. The van der Waals surface area contributed by atoms with Crippen molar-refractivity contribution in [2.45, 2.75) is 14.8 Å². The van der Waals surface area contributed by atoms with Gasteiger partial charge in [-0.25, -0.2) is 4.98 Å². The Morgan fingerprint density at radius 3 is 2.63 bits per heavy atom. The first-order chi connectivity index (χ1) is 9.13. The number of nitrogen functional groups attached to an aromatic ring is 1. The Morgan fingerprint density at radius 2 is 2.00 bits per heavy atom. The number of hydrogen-bond acceptors (Lipinski definition) is 4. The maximum atomic E-state index is 7.74. The number of thioether (sulfide) groups is 1. The standard InChI is InChI=1S/C13H12ClN3S2/c1-18-9-5-2-6-10(11(9)12(15)16)19-13-8(14)4-3-7-17-13/h2-7H,1H3,(H3,15,16). The average molecular weight is 310 g/mol. The minimum Gasteiger partial charge on any atom is -0.384 e. The van der Waals surface area contributed by atoms with Crippen LogP contribution in [-0.2, 0) is 0 Å². The molecule has 19 heavy (non-hydrogen) atoms. The average Bonchev–Trinajstić information content (AvgIpc) is 2.40. The number of aromatic nitrogens is 1. The second kappa shape index (κ2) is 6.32. The molecule has 1 aromatic carbocycles. The molecule has 0 fully saturated rings. The SMILES string of the molecule is CSc1cccc(Sc2ncccc2Cl)c1C(=N)N. The second-order valence-corrected chi connectivity index (χ2v) is 5.93. The summed E-state index contributed by atoms with van der Waals surface area (Å²) >= 11 is 9.09. The largest absolute Gasteiger partial charge is 0.384 e. The van der Waals surface area contributed by atoms with Crippen molar-refractivity contribution in [2.75, 3.05) is 6.26 Å². The summed E-state index contributed by atoms with van der Waals surface area (Å²) in [4.78, 5) is 6.11. The van der Waals surface area contributed by atoms with Gasteiger partial charge in [0.25, 0.3) is 0 Å². The van der Waals surface area contributed by atoms with E-state index in [2.05, 4.69) is 4.98 Å². The van der Waals surface area contributed by atoms with Gasteiger partial charge in [0.15, 0.2) is 0 Å². The quantitative estimate of drug-likeness (QED) is 0.511. The zero-order valence-corrected chi connectivity index (χ0v) is 12.6. The Balaban J connectivity index is 2.46. The van der Waals surface area contributed by atoms with Crippen LogP contribution in [-0.4, -0.2) is 17.1 Å². The molecule has 0 amide bonds. The van der Waals surface area contributed by atoms with Crippen LogP contribution in [0.2, 0.25) is 5.02 Å². The van der Waals surface area contributed by atoms with Crippen molar-refractivity contribution in [2.24, 2.45) is 5.73 Å². The van der Waals surface area contributed by atoms with E-state index in [0.717, 1.165) is 15.4 Å².